The van der Waals surface area contributed by atoms with Crippen LogP contribution >= 0.6 is 11.6 Å². The van der Waals surface area contributed by atoms with Crippen LogP contribution in [0, 0.1) is 0 Å². The maximum Gasteiger partial charge on any atom is 0.112 e. The Labute approximate surface area is 83.7 Å². The van der Waals surface area contributed by atoms with Gasteiger partial charge in [0, 0.05) is 10.9 Å². The summed E-state index contributed by atoms with van der Waals surface area (Å²) < 4.78 is 13.6. The van der Waals surface area contributed by atoms with Gasteiger partial charge in [-0.3, -0.25) is 0 Å². The van der Waals surface area contributed by atoms with Gasteiger partial charge in [-0.05, 0) is 25.5 Å². The van der Waals surface area contributed by atoms with Crippen LogP contribution in [-0.2, 0) is 0 Å². The largest absolute Gasteiger partial charge is 0.244 e. The number of rotatable bonds is 2. The molecule has 0 fully saturated rings. The zero-order valence-corrected chi connectivity index (χ0v) is 8.90. The Morgan fingerprint density at radius 3 is 2.31 bits per heavy atom. The van der Waals surface area contributed by atoms with E-state index in [1.54, 1.807) is 19.9 Å². The van der Waals surface area contributed by atoms with Gasteiger partial charge < -0.3 is 0 Å². The smallest absolute Gasteiger partial charge is 0.112 e. The summed E-state index contributed by atoms with van der Waals surface area (Å²) in [6.07, 6.45) is 0. The first kappa shape index (κ1) is 10.5. The Morgan fingerprint density at radius 2 is 1.85 bits per heavy atom. The van der Waals surface area contributed by atoms with Gasteiger partial charge in [-0.2, -0.15) is 0 Å². The van der Waals surface area contributed by atoms with Gasteiger partial charge in [0.05, 0.1) is 0 Å². The first-order valence-electron chi connectivity index (χ1n) is 4.36. The van der Waals surface area contributed by atoms with Crippen LogP contribution in [0.5, 0.6) is 0 Å². The second-order valence-corrected chi connectivity index (χ2v) is 4.21. The van der Waals surface area contributed by atoms with Crippen molar-refractivity contribution in [3.8, 4) is 0 Å². The van der Waals surface area contributed by atoms with E-state index >= 15 is 0 Å². The lowest BCUT2D eigenvalue weighted by Crippen LogP contribution is -2.21. The summed E-state index contributed by atoms with van der Waals surface area (Å²) in [5.74, 6) is -0.179. The average Bonchev–Trinajstić information content (AvgIpc) is 2.02. The minimum absolute atomic E-state index is 0.179. The first-order valence-corrected chi connectivity index (χ1v) is 4.74. The minimum Gasteiger partial charge on any atom is -0.244 e. The number of alkyl halides is 1. The molecule has 0 aromatic heterocycles. The third-order valence-electron chi connectivity index (χ3n) is 2.40. The number of hydrogen-bond acceptors (Lipinski definition) is 0. The highest BCUT2D eigenvalue weighted by Crippen LogP contribution is 2.34. The van der Waals surface area contributed by atoms with E-state index in [2.05, 4.69) is 0 Å². The number of benzene rings is 1. The molecular formula is C11H14ClF. The predicted octanol–water partition coefficient (Wildman–Crippen LogP) is 4.19. The molecule has 0 heterocycles. The quantitative estimate of drug-likeness (QED) is 0.672. The molecule has 0 radical (unpaired) electrons. The van der Waals surface area contributed by atoms with Gasteiger partial charge in [0.15, 0.2) is 0 Å². The highest BCUT2D eigenvalue weighted by atomic mass is 35.5. The second kappa shape index (κ2) is 3.67. The van der Waals surface area contributed by atoms with Gasteiger partial charge in [0.25, 0.3) is 0 Å². The predicted molar refractivity (Wildman–Crippen MR) is 55.1 cm³/mol. The lowest BCUT2D eigenvalue weighted by molar-refractivity contribution is 0.180. The molecule has 1 aromatic rings. The van der Waals surface area contributed by atoms with Crippen molar-refractivity contribution in [1.82, 2.24) is 0 Å². The van der Waals surface area contributed by atoms with Crippen molar-refractivity contribution in [3.63, 3.8) is 0 Å². The van der Waals surface area contributed by atoms with Gasteiger partial charge in [-0.1, -0.05) is 36.7 Å². The van der Waals surface area contributed by atoms with E-state index in [0.717, 1.165) is 5.56 Å². The van der Waals surface area contributed by atoms with E-state index in [0.29, 0.717) is 5.02 Å². The van der Waals surface area contributed by atoms with E-state index in [1.807, 2.05) is 25.1 Å². The van der Waals surface area contributed by atoms with Crippen LogP contribution < -0.4 is 0 Å². The van der Waals surface area contributed by atoms with Crippen molar-refractivity contribution in [1.29, 1.82) is 0 Å². The minimum atomic E-state index is -1.23. The molecule has 1 unspecified atom stereocenters. The summed E-state index contributed by atoms with van der Waals surface area (Å²) >= 11 is 5.96. The van der Waals surface area contributed by atoms with Gasteiger partial charge >= 0.3 is 0 Å². The topological polar surface area (TPSA) is 0 Å². The SMILES string of the molecule is CC(c1ccccc1Cl)C(C)(C)F. The van der Waals surface area contributed by atoms with E-state index < -0.39 is 5.67 Å². The third-order valence-corrected chi connectivity index (χ3v) is 2.75. The molecule has 13 heavy (non-hydrogen) atoms. The molecule has 1 rings (SSSR count). The summed E-state index contributed by atoms with van der Waals surface area (Å²) in [5.41, 5.74) is -0.359. The van der Waals surface area contributed by atoms with E-state index in [4.69, 9.17) is 11.6 Å². The molecule has 0 amide bonds. The maximum absolute atomic E-state index is 13.6. The molecule has 72 valence electrons. The second-order valence-electron chi connectivity index (χ2n) is 3.81. The molecule has 0 saturated carbocycles. The molecule has 0 aliphatic rings. The number of hydrogen-bond donors (Lipinski definition) is 0. The maximum atomic E-state index is 13.6. The Bertz CT molecular complexity index is 288. The monoisotopic (exact) mass is 200 g/mol. The lowest BCUT2D eigenvalue weighted by atomic mass is 9.88. The van der Waals surface area contributed by atoms with Crippen LogP contribution in [-0.4, -0.2) is 5.67 Å². The zero-order chi connectivity index (χ0) is 10.1. The standard InChI is InChI=1S/C11H14ClF/c1-8(11(2,3)13)9-6-4-5-7-10(9)12/h4-8H,1-3H3. The summed E-state index contributed by atoms with van der Waals surface area (Å²) in [6.45, 7) is 4.99. The average molecular weight is 201 g/mol. The number of halogens is 2. The van der Waals surface area contributed by atoms with Crippen molar-refractivity contribution >= 4 is 11.6 Å². The summed E-state index contributed by atoms with van der Waals surface area (Å²) in [6, 6.07) is 7.39. The fraction of sp³-hybridized carbons (Fsp3) is 0.455. The van der Waals surface area contributed by atoms with Gasteiger partial charge in [0.1, 0.15) is 5.67 Å². The molecule has 0 aliphatic carbocycles. The molecular weight excluding hydrogens is 187 g/mol. The Kier molecular flexibility index (Phi) is 2.97. The molecule has 0 N–H and O–H groups in total. The van der Waals surface area contributed by atoms with E-state index in [1.165, 1.54) is 0 Å². The Hall–Kier alpha value is -0.560. The zero-order valence-electron chi connectivity index (χ0n) is 8.14. The van der Waals surface area contributed by atoms with Crippen molar-refractivity contribution in [3.05, 3.63) is 34.9 Å². The van der Waals surface area contributed by atoms with Crippen molar-refractivity contribution in [2.24, 2.45) is 0 Å². The van der Waals surface area contributed by atoms with Crippen molar-refractivity contribution < 1.29 is 4.39 Å². The fourth-order valence-electron chi connectivity index (χ4n) is 1.20. The van der Waals surface area contributed by atoms with Crippen molar-refractivity contribution in [2.45, 2.75) is 32.4 Å². The Morgan fingerprint density at radius 1 is 1.31 bits per heavy atom. The van der Waals surface area contributed by atoms with Gasteiger partial charge in [0.2, 0.25) is 0 Å². The summed E-state index contributed by atoms with van der Waals surface area (Å²) in [7, 11) is 0. The summed E-state index contributed by atoms with van der Waals surface area (Å²) in [4.78, 5) is 0. The lowest BCUT2D eigenvalue weighted by Gasteiger charge is -2.24. The molecule has 0 aliphatic heterocycles. The molecule has 2 heteroatoms. The van der Waals surface area contributed by atoms with Crippen LogP contribution in [0.1, 0.15) is 32.3 Å². The van der Waals surface area contributed by atoms with Gasteiger partial charge in [-0.15, -0.1) is 0 Å². The van der Waals surface area contributed by atoms with Crippen LogP contribution in [0.15, 0.2) is 24.3 Å². The highest BCUT2D eigenvalue weighted by molar-refractivity contribution is 6.31. The molecule has 0 bridgehead atoms. The Balaban J connectivity index is 3.02. The van der Waals surface area contributed by atoms with E-state index in [-0.39, 0.29) is 5.92 Å². The molecule has 0 saturated heterocycles. The highest BCUT2D eigenvalue weighted by Gasteiger charge is 2.27. The first-order chi connectivity index (χ1) is 5.93. The fourth-order valence-corrected chi connectivity index (χ4v) is 1.50. The third kappa shape index (κ3) is 2.44. The van der Waals surface area contributed by atoms with Crippen LogP contribution in [0.25, 0.3) is 0 Å². The molecule has 1 aromatic carbocycles. The molecule has 0 nitrogen and oxygen atoms in total. The summed E-state index contributed by atoms with van der Waals surface area (Å²) in [5, 5.41) is 0.640. The van der Waals surface area contributed by atoms with Crippen LogP contribution in [0.2, 0.25) is 5.02 Å². The van der Waals surface area contributed by atoms with Crippen molar-refractivity contribution in [2.75, 3.05) is 0 Å². The van der Waals surface area contributed by atoms with Crippen LogP contribution in [0.3, 0.4) is 0 Å². The van der Waals surface area contributed by atoms with E-state index in [9.17, 15) is 4.39 Å². The molecule has 0 spiro atoms. The van der Waals surface area contributed by atoms with Gasteiger partial charge in [-0.25, -0.2) is 4.39 Å². The van der Waals surface area contributed by atoms with Crippen LogP contribution in [0.4, 0.5) is 4.39 Å². The normalized spacial score (nSPS) is 14.2. The molecule has 1 atom stereocenters.